The smallest absolute Gasteiger partial charge is 0.246 e. The Labute approximate surface area is 105 Å². The lowest BCUT2D eigenvalue weighted by Crippen LogP contribution is -2.34. The van der Waals surface area contributed by atoms with Crippen LogP contribution in [0.1, 0.15) is 25.5 Å². The number of nitriles is 1. The Morgan fingerprint density at radius 2 is 2.18 bits per heavy atom. The minimum atomic E-state index is -0.921. The van der Waals surface area contributed by atoms with E-state index in [1.54, 1.807) is 4.90 Å². The molecule has 1 heterocycles. The van der Waals surface area contributed by atoms with E-state index in [1.165, 1.54) is 12.4 Å². The van der Waals surface area contributed by atoms with Crippen LogP contribution in [0.5, 0.6) is 0 Å². The van der Waals surface area contributed by atoms with Crippen molar-refractivity contribution in [1.29, 1.82) is 5.26 Å². The summed E-state index contributed by atoms with van der Waals surface area (Å²) in [5.74, 6) is -1.18. The largest absolute Gasteiger partial charge is 0.342 e. The van der Waals surface area contributed by atoms with Crippen LogP contribution in [0.25, 0.3) is 0 Å². The van der Waals surface area contributed by atoms with Crippen LogP contribution in [-0.2, 0) is 4.79 Å². The van der Waals surface area contributed by atoms with Gasteiger partial charge in [0, 0.05) is 13.1 Å². The first-order valence-electron chi connectivity index (χ1n) is 5.29. The van der Waals surface area contributed by atoms with E-state index in [1.807, 2.05) is 19.9 Å². The minimum absolute atomic E-state index is 0.225. The molecule has 1 aromatic heterocycles. The molecule has 6 heteroatoms. The van der Waals surface area contributed by atoms with E-state index in [0.29, 0.717) is 18.8 Å². The summed E-state index contributed by atoms with van der Waals surface area (Å²) in [6, 6.07) is 3.40. The first-order chi connectivity index (χ1) is 8.13. The van der Waals surface area contributed by atoms with Gasteiger partial charge in [-0.05, 0) is 19.9 Å². The predicted molar refractivity (Wildman–Crippen MR) is 63.3 cm³/mol. The fraction of sp³-hybridized carbons (Fsp3) is 0.455. The summed E-state index contributed by atoms with van der Waals surface area (Å²) in [7, 11) is 0. The molecular formula is C11H13ClN4O. The number of rotatable bonds is 4. The lowest BCUT2D eigenvalue weighted by atomic mass is 10.1. The molecule has 0 saturated carbocycles. The standard InChI is InChI=1S/C11H13ClN4O/c1-3-16(4-2)11(17)8(6-13)9-5-10(12)15-7-14-9/h5,7-8H,3-4H2,1-2H3/t8-/m0/s1. The normalized spacial score (nSPS) is 11.6. The third-order valence-corrected chi connectivity index (χ3v) is 2.61. The van der Waals surface area contributed by atoms with E-state index < -0.39 is 5.92 Å². The van der Waals surface area contributed by atoms with Gasteiger partial charge in [0.15, 0.2) is 5.92 Å². The van der Waals surface area contributed by atoms with Crippen molar-refractivity contribution in [3.8, 4) is 6.07 Å². The summed E-state index contributed by atoms with van der Waals surface area (Å²) in [6.45, 7) is 4.85. The summed E-state index contributed by atoms with van der Waals surface area (Å²) in [4.78, 5) is 21.3. The predicted octanol–water partition coefficient (Wildman–Crippen LogP) is 1.61. The number of halogens is 1. The number of carbonyl (C=O) groups excluding carboxylic acids is 1. The van der Waals surface area contributed by atoms with Crippen molar-refractivity contribution in [2.24, 2.45) is 0 Å². The molecule has 17 heavy (non-hydrogen) atoms. The van der Waals surface area contributed by atoms with E-state index in [9.17, 15) is 4.79 Å². The summed E-state index contributed by atoms with van der Waals surface area (Å²) in [6.07, 6.45) is 1.25. The van der Waals surface area contributed by atoms with Crippen LogP contribution < -0.4 is 0 Å². The molecule has 1 rings (SSSR count). The summed E-state index contributed by atoms with van der Waals surface area (Å²) >= 11 is 5.71. The van der Waals surface area contributed by atoms with Crippen molar-refractivity contribution in [3.05, 3.63) is 23.2 Å². The number of aromatic nitrogens is 2. The second kappa shape index (κ2) is 6.16. The zero-order valence-electron chi connectivity index (χ0n) is 9.72. The maximum Gasteiger partial charge on any atom is 0.246 e. The third kappa shape index (κ3) is 3.14. The van der Waals surface area contributed by atoms with Gasteiger partial charge in [0.25, 0.3) is 0 Å². The molecule has 0 aromatic carbocycles. The molecule has 0 saturated heterocycles. The average Bonchev–Trinajstić information content (AvgIpc) is 2.31. The molecule has 0 aliphatic rings. The fourth-order valence-corrected chi connectivity index (χ4v) is 1.63. The lowest BCUT2D eigenvalue weighted by molar-refractivity contribution is -0.131. The molecule has 0 aliphatic carbocycles. The molecule has 1 amide bonds. The van der Waals surface area contributed by atoms with Crippen LogP contribution >= 0.6 is 11.6 Å². The summed E-state index contributed by atoms with van der Waals surface area (Å²) in [5.41, 5.74) is 0.337. The van der Waals surface area contributed by atoms with Gasteiger partial charge < -0.3 is 4.90 Å². The van der Waals surface area contributed by atoms with Gasteiger partial charge >= 0.3 is 0 Å². The van der Waals surface area contributed by atoms with Gasteiger partial charge in [-0.1, -0.05) is 11.6 Å². The number of carbonyl (C=O) groups is 1. The number of hydrogen-bond donors (Lipinski definition) is 0. The van der Waals surface area contributed by atoms with Gasteiger partial charge in [0.05, 0.1) is 11.8 Å². The van der Waals surface area contributed by atoms with Gasteiger partial charge in [-0.15, -0.1) is 0 Å². The minimum Gasteiger partial charge on any atom is -0.342 e. The van der Waals surface area contributed by atoms with Crippen molar-refractivity contribution in [1.82, 2.24) is 14.9 Å². The zero-order valence-corrected chi connectivity index (χ0v) is 10.5. The van der Waals surface area contributed by atoms with E-state index in [2.05, 4.69) is 9.97 Å². The first kappa shape index (κ1) is 13.4. The van der Waals surface area contributed by atoms with Crippen LogP contribution in [0, 0.1) is 11.3 Å². The Morgan fingerprint density at radius 1 is 1.53 bits per heavy atom. The zero-order chi connectivity index (χ0) is 12.8. The van der Waals surface area contributed by atoms with Crippen LogP contribution in [0.2, 0.25) is 5.15 Å². The topological polar surface area (TPSA) is 69.9 Å². The molecule has 0 fully saturated rings. The van der Waals surface area contributed by atoms with E-state index in [0.717, 1.165) is 0 Å². The average molecular weight is 253 g/mol. The van der Waals surface area contributed by atoms with Gasteiger partial charge in [-0.2, -0.15) is 5.26 Å². The van der Waals surface area contributed by atoms with Crippen molar-refractivity contribution >= 4 is 17.5 Å². The molecule has 1 aromatic rings. The molecule has 0 spiro atoms. The molecule has 1 atom stereocenters. The number of nitrogens with zero attached hydrogens (tertiary/aromatic N) is 4. The van der Waals surface area contributed by atoms with Gasteiger partial charge in [-0.25, -0.2) is 9.97 Å². The number of amides is 1. The molecule has 0 aliphatic heterocycles. The highest BCUT2D eigenvalue weighted by Gasteiger charge is 2.25. The quantitative estimate of drug-likeness (QED) is 0.764. The Morgan fingerprint density at radius 3 is 2.65 bits per heavy atom. The highest BCUT2D eigenvalue weighted by molar-refractivity contribution is 6.29. The number of hydrogen-bond acceptors (Lipinski definition) is 4. The molecule has 0 bridgehead atoms. The van der Waals surface area contributed by atoms with E-state index in [4.69, 9.17) is 16.9 Å². The molecule has 5 nitrogen and oxygen atoms in total. The highest BCUT2D eigenvalue weighted by Crippen LogP contribution is 2.17. The SMILES string of the molecule is CCN(CC)C(=O)[C@@H](C#N)c1cc(Cl)ncn1. The van der Waals surface area contributed by atoms with E-state index in [-0.39, 0.29) is 11.1 Å². The Hall–Kier alpha value is -1.67. The Balaban J connectivity index is 3.00. The van der Waals surface area contributed by atoms with Crippen molar-refractivity contribution in [3.63, 3.8) is 0 Å². The van der Waals surface area contributed by atoms with Crippen LogP contribution in [0.4, 0.5) is 0 Å². The van der Waals surface area contributed by atoms with Crippen molar-refractivity contribution in [2.45, 2.75) is 19.8 Å². The lowest BCUT2D eigenvalue weighted by Gasteiger charge is -2.21. The monoisotopic (exact) mass is 252 g/mol. The fourth-order valence-electron chi connectivity index (χ4n) is 1.47. The number of likely N-dealkylation sites (N-methyl/N-ethyl adjacent to an activating group) is 1. The van der Waals surface area contributed by atoms with Crippen LogP contribution in [-0.4, -0.2) is 33.9 Å². The second-order valence-corrected chi connectivity index (χ2v) is 3.73. The molecular weight excluding hydrogens is 240 g/mol. The second-order valence-electron chi connectivity index (χ2n) is 3.34. The highest BCUT2D eigenvalue weighted by atomic mass is 35.5. The molecule has 0 radical (unpaired) electrons. The molecule has 0 N–H and O–H groups in total. The molecule has 90 valence electrons. The van der Waals surface area contributed by atoms with Crippen molar-refractivity contribution < 1.29 is 4.79 Å². The van der Waals surface area contributed by atoms with Gasteiger partial charge in [0.1, 0.15) is 11.5 Å². The maximum absolute atomic E-state index is 12.0. The summed E-state index contributed by atoms with van der Waals surface area (Å²) < 4.78 is 0. The van der Waals surface area contributed by atoms with E-state index >= 15 is 0 Å². The molecule has 0 unspecified atom stereocenters. The van der Waals surface area contributed by atoms with Crippen molar-refractivity contribution in [2.75, 3.05) is 13.1 Å². The third-order valence-electron chi connectivity index (χ3n) is 2.40. The summed E-state index contributed by atoms with van der Waals surface area (Å²) in [5, 5.41) is 9.30. The first-order valence-corrected chi connectivity index (χ1v) is 5.67. The van der Waals surface area contributed by atoms with Crippen LogP contribution in [0.3, 0.4) is 0 Å². The van der Waals surface area contributed by atoms with Gasteiger partial charge in [-0.3, -0.25) is 4.79 Å². The maximum atomic E-state index is 12.0. The Bertz CT molecular complexity index is 439. The van der Waals surface area contributed by atoms with Crippen LogP contribution in [0.15, 0.2) is 12.4 Å². The Kier molecular flexibility index (Phi) is 4.85. The van der Waals surface area contributed by atoms with Gasteiger partial charge in [0.2, 0.25) is 5.91 Å².